The van der Waals surface area contributed by atoms with Crippen LogP contribution >= 0.6 is 27.7 Å². The molecule has 1 aromatic rings. The first kappa shape index (κ1) is 13.0. The Hall–Kier alpha value is -0.480. The van der Waals surface area contributed by atoms with Crippen molar-refractivity contribution in [3.63, 3.8) is 0 Å². The zero-order valence-electron chi connectivity index (χ0n) is 9.78. The van der Waals surface area contributed by atoms with Crippen molar-refractivity contribution in [3.8, 4) is 0 Å². The van der Waals surface area contributed by atoms with Crippen molar-refractivity contribution in [2.75, 3.05) is 5.75 Å². The number of carbonyl (C=O) groups excluding carboxylic acids is 1. The Kier molecular flexibility index (Phi) is 4.51. The van der Waals surface area contributed by atoms with Crippen LogP contribution in [0.4, 0.5) is 0 Å². The van der Waals surface area contributed by atoms with Gasteiger partial charge in [-0.25, -0.2) is 0 Å². The van der Waals surface area contributed by atoms with Crippen LogP contribution in [-0.4, -0.2) is 16.5 Å². The molecule has 0 spiro atoms. The van der Waals surface area contributed by atoms with Gasteiger partial charge in [-0.15, -0.1) is 11.8 Å². The third-order valence-corrected chi connectivity index (χ3v) is 5.10. The number of hydrogen-bond donors (Lipinski definition) is 1. The SMILES string of the molecule is CCC(Br)C(=O)NC1CCSc2ccccc21. The quantitative estimate of drug-likeness (QED) is 0.865. The van der Waals surface area contributed by atoms with Crippen LogP contribution in [0.2, 0.25) is 0 Å². The Morgan fingerprint density at radius 2 is 2.35 bits per heavy atom. The van der Waals surface area contributed by atoms with Crippen molar-refractivity contribution in [1.29, 1.82) is 0 Å². The van der Waals surface area contributed by atoms with E-state index in [0.29, 0.717) is 0 Å². The second-order valence-electron chi connectivity index (χ2n) is 4.11. The highest BCUT2D eigenvalue weighted by molar-refractivity contribution is 9.10. The molecule has 2 atom stereocenters. The maximum atomic E-state index is 11.9. The Morgan fingerprint density at radius 1 is 1.59 bits per heavy atom. The lowest BCUT2D eigenvalue weighted by atomic mass is 10.0. The summed E-state index contributed by atoms with van der Waals surface area (Å²) in [5.41, 5.74) is 1.26. The molecule has 0 bridgehead atoms. The van der Waals surface area contributed by atoms with Gasteiger partial charge in [0.2, 0.25) is 5.91 Å². The average molecular weight is 314 g/mol. The number of halogens is 1. The molecule has 0 radical (unpaired) electrons. The number of alkyl halides is 1. The smallest absolute Gasteiger partial charge is 0.234 e. The summed E-state index contributed by atoms with van der Waals surface area (Å²) in [7, 11) is 0. The van der Waals surface area contributed by atoms with Crippen LogP contribution in [0.25, 0.3) is 0 Å². The van der Waals surface area contributed by atoms with E-state index in [1.54, 1.807) is 0 Å². The zero-order valence-corrected chi connectivity index (χ0v) is 12.2. The van der Waals surface area contributed by atoms with Gasteiger partial charge in [-0.2, -0.15) is 0 Å². The molecule has 4 heteroatoms. The van der Waals surface area contributed by atoms with Crippen LogP contribution in [0.5, 0.6) is 0 Å². The molecule has 2 unspecified atom stereocenters. The average Bonchev–Trinajstić information content (AvgIpc) is 2.38. The maximum Gasteiger partial charge on any atom is 0.234 e. The summed E-state index contributed by atoms with van der Waals surface area (Å²) >= 11 is 5.26. The molecule has 1 aliphatic rings. The van der Waals surface area contributed by atoms with Gasteiger partial charge in [0.15, 0.2) is 0 Å². The Balaban J connectivity index is 2.11. The monoisotopic (exact) mass is 313 g/mol. The summed E-state index contributed by atoms with van der Waals surface area (Å²) in [5.74, 6) is 1.17. The Bertz CT molecular complexity index is 410. The largest absolute Gasteiger partial charge is 0.348 e. The summed E-state index contributed by atoms with van der Waals surface area (Å²) in [6.45, 7) is 2.00. The third kappa shape index (κ3) is 3.05. The molecule has 0 saturated carbocycles. The number of amides is 1. The minimum Gasteiger partial charge on any atom is -0.348 e. The molecule has 0 fully saturated rings. The van der Waals surface area contributed by atoms with Crippen LogP contribution in [0.15, 0.2) is 29.2 Å². The molecular formula is C13H16BrNOS. The molecule has 1 amide bonds. The molecule has 0 aliphatic carbocycles. The predicted molar refractivity (Wildman–Crippen MR) is 75.7 cm³/mol. The van der Waals surface area contributed by atoms with E-state index >= 15 is 0 Å². The molecule has 0 saturated heterocycles. The van der Waals surface area contributed by atoms with Gasteiger partial charge in [-0.1, -0.05) is 41.1 Å². The van der Waals surface area contributed by atoms with E-state index in [9.17, 15) is 4.79 Å². The molecule has 1 N–H and O–H groups in total. The van der Waals surface area contributed by atoms with E-state index in [4.69, 9.17) is 0 Å². The van der Waals surface area contributed by atoms with Crippen molar-refractivity contribution >= 4 is 33.6 Å². The van der Waals surface area contributed by atoms with Crippen LogP contribution < -0.4 is 5.32 Å². The second kappa shape index (κ2) is 5.91. The molecule has 92 valence electrons. The van der Waals surface area contributed by atoms with Crippen LogP contribution in [0.3, 0.4) is 0 Å². The van der Waals surface area contributed by atoms with Gasteiger partial charge in [0.05, 0.1) is 10.9 Å². The fraction of sp³-hybridized carbons (Fsp3) is 0.462. The standard InChI is InChI=1S/C13H16BrNOS/c1-2-10(14)13(16)15-11-7-8-17-12-6-4-3-5-9(11)12/h3-6,10-11H,2,7-8H2,1H3,(H,15,16). The van der Waals surface area contributed by atoms with E-state index in [0.717, 1.165) is 18.6 Å². The highest BCUT2D eigenvalue weighted by Crippen LogP contribution is 2.35. The van der Waals surface area contributed by atoms with Gasteiger partial charge in [0.1, 0.15) is 0 Å². The van der Waals surface area contributed by atoms with Crippen LogP contribution in [0.1, 0.15) is 31.4 Å². The van der Waals surface area contributed by atoms with Gasteiger partial charge >= 0.3 is 0 Å². The minimum absolute atomic E-state index is 0.0794. The number of carbonyl (C=O) groups is 1. The minimum atomic E-state index is -0.0794. The molecule has 1 heterocycles. The predicted octanol–water partition coefficient (Wildman–Crippen LogP) is 3.51. The number of benzene rings is 1. The summed E-state index contributed by atoms with van der Waals surface area (Å²) in [6.07, 6.45) is 1.83. The molecule has 2 nitrogen and oxygen atoms in total. The number of hydrogen-bond acceptors (Lipinski definition) is 2. The normalized spacial score (nSPS) is 20.5. The van der Waals surface area contributed by atoms with Crippen LogP contribution in [-0.2, 0) is 4.79 Å². The molecule has 1 aromatic carbocycles. The fourth-order valence-corrected chi connectivity index (χ4v) is 3.20. The van der Waals surface area contributed by atoms with Crippen LogP contribution in [0, 0.1) is 0 Å². The molecule has 0 aromatic heterocycles. The third-order valence-electron chi connectivity index (χ3n) is 2.92. The lowest BCUT2D eigenvalue weighted by molar-refractivity contribution is -0.121. The van der Waals surface area contributed by atoms with E-state index < -0.39 is 0 Å². The Morgan fingerprint density at radius 3 is 3.12 bits per heavy atom. The Labute approximate surface area is 115 Å². The highest BCUT2D eigenvalue weighted by Gasteiger charge is 2.23. The molecule has 2 rings (SSSR count). The van der Waals surface area contributed by atoms with Crippen molar-refractivity contribution in [3.05, 3.63) is 29.8 Å². The summed E-state index contributed by atoms with van der Waals surface area (Å²) in [4.78, 5) is 13.1. The van der Waals surface area contributed by atoms with Crippen molar-refractivity contribution in [2.24, 2.45) is 0 Å². The van der Waals surface area contributed by atoms with E-state index in [-0.39, 0.29) is 16.8 Å². The second-order valence-corrected chi connectivity index (χ2v) is 6.35. The number of thioether (sulfide) groups is 1. The molecule has 17 heavy (non-hydrogen) atoms. The summed E-state index contributed by atoms with van der Waals surface area (Å²) < 4.78 is 0. The van der Waals surface area contributed by atoms with Crippen molar-refractivity contribution in [2.45, 2.75) is 35.5 Å². The zero-order chi connectivity index (χ0) is 12.3. The van der Waals surface area contributed by atoms with E-state index in [2.05, 4.69) is 39.4 Å². The van der Waals surface area contributed by atoms with E-state index in [1.165, 1.54) is 10.5 Å². The van der Waals surface area contributed by atoms with Crippen molar-refractivity contribution < 1.29 is 4.79 Å². The molecular weight excluding hydrogens is 298 g/mol. The fourth-order valence-electron chi connectivity index (χ4n) is 1.94. The number of fused-ring (bicyclic) bond motifs is 1. The first-order chi connectivity index (χ1) is 8.22. The molecule has 1 aliphatic heterocycles. The van der Waals surface area contributed by atoms with Crippen molar-refractivity contribution in [1.82, 2.24) is 5.32 Å². The maximum absolute atomic E-state index is 11.9. The highest BCUT2D eigenvalue weighted by atomic mass is 79.9. The summed E-state index contributed by atoms with van der Waals surface area (Å²) in [6, 6.07) is 8.50. The van der Waals surface area contributed by atoms with Gasteiger partial charge in [0.25, 0.3) is 0 Å². The topological polar surface area (TPSA) is 29.1 Å². The first-order valence-electron chi connectivity index (χ1n) is 5.88. The lowest BCUT2D eigenvalue weighted by Gasteiger charge is -2.26. The van der Waals surface area contributed by atoms with Gasteiger partial charge in [-0.3, -0.25) is 4.79 Å². The number of nitrogens with one attached hydrogen (secondary N) is 1. The lowest BCUT2D eigenvalue weighted by Crippen LogP contribution is -2.35. The number of rotatable bonds is 3. The van der Waals surface area contributed by atoms with Gasteiger partial charge in [-0.05, 0) is 24.5 Å². The van der Waals surface area contributed by atoms with Gasteiger partial charge < -0.3 is 5.32 Å². The van der Waals surface area contributed by atoms with E-state index in [1.807, 2.05) is 24.8 Å². The first-order valence-corrected chi connectivity index (χ1v) is 7.78. The van der Waals surface area contributed by atoms with Gasteiger partial charge in [0, 0.05) is 10.6 Å². The summed E-state index contributed by atoms with van der Waals surface area (Å²) in [5, 5.41) is 3.13.